The highest BCUT2D eigenvalue weighted by Crippen LogP contribution is 2.38. The molecule has 1 aliphatic carbocycles. The van der Waals surface area contributed by atoms with Crippen LogP contribution >= 0.6 is 0 Å². The molecule has 5 heteroatoms. The van der Waals surface area contributed by atoms with Gasteiger partial charge in [-0.2, -0.15) is 0 Å². The number of aromatic nitrogens is 2. The minimum absolute atomic E-state index is 0.180. The summed E-state index contributed by atoms with van der Waals surface area (Å²) >= 11 is 0. The second-order valence-corrected chi connectivity index (χ2v) is 5.31. The monoisotopic (exact) mass is 236 g/mol. The van der Waals surface area contributed by atoms with Crippen LogP contribution < -0.4 is 10.6 Å². The van der Waals surface area contributed by atoms with Gasteiger partial charge < -0.3 is 15.1 Å². The van der Waals surface area contributed by atoms with Crippen molar-refractivity contribution in [3.05, 3.63) is 5.89 Å². The van der Waals surface area contributed by atoms with E-state index in [9.17, 15) is 0 Å². The Kier molecular flexibility index (Phi) is 2.78. The van der Waals surface area contributed by atoms with Gasteiger partial charge in [0.05, 0.1) is 6.04 Å². The van der Waals surface area contributed by atoms with Crippen molar-refractivity contribution in [2.75, 3.05) is 11.4 Å². The molecule has 1 saturated heterocycles. The quantitative estimate of drug-likeness (QED) is 0.848. The summed E-state index contributed by atoms with van der Waals surface area (Å²) < 4.78 is 5.67. The summed E-state index contributed by atoms with van der Waals surface area (Å²) in [5, 5.41) is 8.17. The first kappa shape index (κ1) is 11.0. The highest BCUT2D eigenvalue weighted by molar-refractivity contribution is 5.29. The number of hydrogen-bond acceptors (Lipinski definition) is 5. The Balaban J connectivity index is 1.81. The Morgan fingerprint density at radius 3 is 2.88 bits per heavy atom. The van der Waals surface area contributed by atoms with E-state index in [0.717, 1.165) is 12.5 Å². The largest absolute Gasteiger partial charge is 0.406 e. The van der Waals surface area contributed by atoms with Crippen molar-refractivity contribution in [2.45, 2.75) is 51.1 Å². The number of rotatable bonds is 2. The molecule has 2 N–H and O–H groups in total. The fraction of sp³-hybridized carbons (Fsp3) is 0.833. The highest BCUT2D eigenvalue weighted by Gasteiger charge is 2.37. The highest BCUT2D eigenvalue weighted by atomic mass is 16.4. The van der Waals surface area contributed by atoms with E-state index in [0.29, 0.717) is 17.9 Å². The van der Waals surface area contributed by atoms with Gasteiger partial charge in [-0.15, -0.1) is 5.10 Å². The zero-order valence-corrected chi connectivity index (χ0v) is 10.3. The molecule has 3 unspecified atom stereocenters. The lowest BCUT2D eigenvalue weighted by Crippen LogP contribution is -2.42. The van der Waals surface area contributed by atoms with E-state index in [1.54, 1.807) is 0 Å². The molecular formula is C12H20N4O. The third kappa shape index (κ3) is 1.92. The Hall–Kier alpha value is -1.10. The van der Waals surface area contributed by atoms with Crippen molar-refractivity contribution in [1.82, 2.24) is 10.2 Å². The lowest BCUT2D eigenvalue weighted by Gasteiger charge is -2.36. The Bertz CT molecular complexity index is 390. The third-order valence-corrected chi connectivity index (χ3v) is 4.06. The van der Waals surface area contributed by atoms with Crippen LogP contribution in [0.25, 0.3) is 0 Å². The average molecular weight is 236 g/mol. The molecule has 1 aromatic rings. The molecule has 3 rings (SSSR count). The summed E-state index contributed by atoms with van der Waals surface area (Å²) in [6.45, 7) is 2.91. The first-order valence-corrected chi connectivity index (χ1v) is 6.61. The minimum Gasteiger partial charge on any atom is -0.406 e. The fourth-order valence-electron chi connectivity index (χ4n) is 3.22. The molecule has 1 aromatic heterocycles. The maximum atomic E-state index is 5.75. The number of anilines is 1. The maximum absolute atomic E-state index is 5.75. The molecule has 17 heavy (non-hydrogen) atoms. The van der Waals surface area contributed by atoms with E-state index in [-0.39, 0.29) is 6.04 Å². The number of piperidine rings is 1. The molecule has 1 aliphatic heterocycles. The van der Waals surface area contributed by atoms with Gasteiger partial charge in [0, 0.05) is 12.6 Å². The molecule has 0 amide bonds. The Morgan fingerprint density at radius 1 is 1.29 bits per heavy atom. The first-order chi connectivity index (χ1) is 8.25. The van der Waals surface area contributed by atoms with Crippen molar-refractivity contribution in [2.24, 2.45) is 11.7 Å². The minimum atomic E-state index is -0.180. The van der Waals surface area contributed by atoms with Crippen LogP contribution in [0.3, 0.4) is 0 Å². The summed E-state index contributed by atoms with van der Waals surface area (Å²) in [6.07, 6.45) is 6.54. The first-order valence-electron chi connectivity index (χ1n) is 6.61. The van der Waals surface area contributed by atoms with Gasteiger partial charge in [0.2, 0.25) is 5.89 Å². The molecule has 2 aliphatic rings. The number of hydrogen-bond donors (Lipinski definition) is 1. The van der Waals surface area contributed by atoms with Crippen molar-refractivity contribution >= 4 is 6.01 Å². The van der Waals surface area contributed by atoms with Crippen LogP contribution in [-0.2, 0) is 0 Å². The van der Waals surface area contributed by atoms with Gasteiger partial charge >= 0.3 is 6.01 Å². The summed E-state index contributed by atoms with van der Waals surface area (Å²) in [5.74, 6) is 1.37. The average Bonchev–Trinajstić information content (AvgIpc) is 2.97. The summed E-state index contributed by atoms with van der Waals surface area (Å²) in [6, 6.07) is 1.11. The van der Waals surface area contributed by atoms with E-state index in [4.69, 9.17) is 10.2 Å². The van der Waals surface area contributed by atoms with Crippen molar-refractivity contribution in [3.63, 3.8) is 0 Å². The van der Waals surface area contributed by atoms with Gasteiger partial charge in [-0.1, -0.05) is 11.5 Å². The molecule has 0 bridgehead atoms. The third-order valence-electron chi connectivity index (χ3n) is 4.06. The molecule has 0 aromatic carbocycles. The maximum Gasteiger partial charge on any atom is 0.318 e. The normalized spacial score (nSPS) is 30.4. The smallest absolute Gasteiger partial charge is 0.318 e. The molecule has 0 radical (unpaired) electrons. The van der Waals surface area contributed by atoms with Gasteiger partial charge in [0.1, 0.15) is 0 Å². The van der Waals surface area contributed by atoms with Gasteiger partial charge in [0.25, 0.3) is 0 Å². The molecule has 2 heterocycles. The number of nitrogens with zero attached hydrogens (tertiary/aromatic N) is 3. The van der Waals surface area contributed by atoms with Crippen molar-refractivity contribution in [3.8, 4) is 0 Å². The van der Waals surface area contributed by atoms with Crippen LogP contribution in [0, 0.1) is 5.92 Å². The van der Waals surface area contributed by atoms with E-state index in [2.05, 4.69) is 15.1 Å². The van der Waals surface area contributed by atoms with E-state index >= 15 is 0 Å². The predicted molar refractivity (Wildman–Crippen MR) is 64.6 cm³/mol. The molecule has 0 spiro atoms. The van der Waals surface area contributed by atoms with Gasteiger partial charge in [-0.05, 0) is 38.5 Å². The van der Waals surface area contributed by atoms with Gasteiger partial charge in [-0.3, -0.25) is 0 Å². The van der Waals surface area contributed by atoms with Gasteiger partial charge in [0.15, 0.2) is 0 Å². The van der Waals surface area contributed by atoms with E-state index < -0.39 is 0 Å². The van der Waals surface area contributed by atoms with Crippen LogP contribution in [-0.4, -0.2) is 22.8 Å². The molecule has 1 saturated carbocycles. The lowest BCUT2D eigenvalue weighted by atomic mass is 9.92. The number of fused-ring (bicyclic) bond motifs is 1. The van der Waals surface area contributed by atoms with Crippen LogP contribution in [0.15, 0.2) is 4.42 Å². The van der Waals surface area contributed by atoms with Crippen LogP contribution in [0.5, 0.6) is 0 Å². The second kappa shape index (κ2) is 4.29. The van der Waals surface area contributed by atoms with E-state index in [1.807, 2.05) is 6.92 Å². The molecule has 3 atom stereocenters. The Morgan fingerprint density at radius 2 is 2.12 bits per heavy atom. The molecule has 94 valence electrons. The second-order valence-electron chi connectivity index (χ2n) is 5.31. The van der Waals surface area contributed by atoms with Gasteiger partial charge in [-0.25, -0.2) is 0 Å². The van der Waals surface area contributed by atoms with Crippen molar-refractivity contribution in [1.29, 1.82) is 0 Å². The molecule has 2 fully saturated rings. The zero-order chi connectivity index (χ0) is 11.8. The van der Waals surface area contributed by atoms with Crippen molar-refractivity contribution < 1.29 is 4.42 Å². The summed E-state index contributed by atoms with van der Waals surface area (Å²) in [7, 11) is 0. The lowest BCUT2D eigenvalue weighted by molar-refractivity contribution is 0.337. The van der Waals surface area contributed by atoms with E-state index in [1.165, 1.54) is 32.1 Å². The molecular weight excluding hydrogens is 216 g/mol. The zero-order valence-electron chi connectivity index (χ0n) is 10.3. The van der Waals surface area contributed by atoms with Crippen LogP contribution in [0.4, 0.5) is 6.01 Å². The Labute approximate surface area is 101 Å². The SMILES string of the molecule is CC(N)c1nnc(N2CCCC3CCCC32)o1. The summed E-state index contributed by atoms with van der Waals surface area (Å²) in [4.78, 5) is 2.31. The standard InChI is InChI=1S/C12H20N4O/c1-8(13)11-14-15-12(17-11)16-7-3-5-9-4-2-6-10(9)16/h8-10H,2-7,13H2,1H3. The number of nitrogens with two attached hydrogens (primary N) is 1. The molecule has 5 nitrogen and oxygen atoms in total. The fourth-order valence-corrected chi connectivity index (χ4v) is 3.22. The predicted octanol–water partition coefficient (Wildman–Crippen LogP) is 1.86. The van der Waals surface area contributed by atoms with Crippen LogP contribution in [0.1, 0.15) is 51.0 Å². The summed E-state index contributed by atoms with van der Waals surface area (Å²) in [5.41, 5.74) is 5.75. The van der Waals surface area contributed by atoms with Crippen LogP contribution in [0.2, 0.25) is 0 Å². The topological polar surface area (TPSA) is 68.2 Å².